The zero-order valence-electron chi connectivity index (χ0n) is 16.9. The van der Waals surface area contributed by atoms with Crippen molar-refractivity contribution in [3.8, 4) is 0 Å². The number of carbonyl (C=O) groups is 1. The van der Waals surface area contributed by atoms with Crippen LogP contribution in [0.1, 0.15) is 6.42 Å². The maximum Gasteiger partial charge on any atom is 0.319 e. The second kappa shape index (κ2) is 9.65. The molecule has 0 heterocycles. The summed E-state index contributed by atoms with van der Waals surface area (Å²) in [6.45, 7) is 0.266. The van der Waals surface area contributed by atoms with Gasteiger partial charge in [-0.1, -0.05) is 36.4 Å². The van der Waals surface area contributed by atoms with E-state index >= 15 is 0 Å². The van der Waals surface area contributed by atoms with Crippen molar-refractivity contribution >= 4 is 60.6 Å². The van der Waals surface area contributed by atoms with Crippen LogP contribution >= 0.6 is 22.6 Å². The predicted molar refractivity (Wildman–Crippen MR) is 131 cm³/mol. The highest BCUT2D eigenvalue weighted by Gasteiger charge is 2.18. The van der Waals surface area contributed by atoms with E-state index in [1.54, 1.807) is 12.1 Å². The Labute approximate surface area is 190 Å². The van der Waals surface area contributed by atoms with Gasteiger partial charge in [-0.05, 0) is 53.3 Å². The molecule has 0 aromatic heterocycles. The van der Waals surface area contributed by atoms with Crippen LogP contribution in [-0.4, -0.2) is 40.8 Å². The largest absolute Gasteiger partial charge is 0.377 e. The number of nitrogens with zero attached hydrogens (tertiary/aromatic N) is 1. The van der Waals surface area contributed by atoms with E-state index in [0.29, 0.717) is 16.7 Å². The number of halogens is 1. The molecule has 0 saturated heterocycles. The van der Waals surface area contributed by atoms with Crippen molar-refractivity contribution in [2.45, 2.75) is 11.3 Å². The first kappa shape index (κ1) is 22.4. The summed E-state index contributed by atoms with van der Waals surface area (Å²) in [6.07, 6.45) is 0.325. The number of nitrogens with one attached hydrogen (secondary N) is 2. The third-order valence-corrected chi connectivity index (χ3v) is 7.47. The van der Waals surface area contributed by atoms with Crippen molar-refractivity contribution in [1.29, 1.82) is 0 Å². The highest BCUT2D eigenvalue weighted by atomic mass is 127. The highest BCUT2D eigenvalue weighted by molar-refractivity contribution is 14.1. The van der Waals surface area contributed by atoms with Crippen LogP contribution < -0.4 is 15.5 Å². The number of para-hydroxylation sites is 1. The fraction of sp³-hybridized carbons (Fsp3) is 0.227. The van der Waals surface area contributed by atoms with Crippen LogP contribution in [0.4, 0.5) is 16.2 Å². The Balaban J connectivity index is 1.64. The van der Waals surface area contributed by atoms with Crippen molar-refractivity contribution in [3.05, 3.63) is 64.2 Å². The monoisotopic (exact) mass is 537 g/mol. The smallest absolute Gasteiger partial charge is 0.319 e. The van der Waals surface area contributed by atoms with E-state index < -0.39 is 9.84 Å². The van der Waals surface area contributed by atoms with Crippen LogP contribution in [0.5, 0.6) is 0 Å². The van der Waals surface area contributed by atoms with E-state index in [1.165, 1.54) is 0 Å². The minimum atomic E-state index is -3.48. The van der Waals surface area contributed by atoms with Gasteiger partial charge < -0.3 is 15.5 Å². The number of benzene rings is 3. The summed E-state index contributed by atoms with van der Waals surface area (Å²) in [6, 6.07) is 18.1. The molecular weight excluding hydrogens is 513 g/mol. The second-order valence-corrected chi connectivity index (χ2v) is 10.3. The molecule has 3 aromatic carbocycles. The Kier molecular flexibility index (Phi) is 7.19. The van der Waals surface area contributed by atoms with Crippen LogP contribution in [0.2, 0.25) is 0 Å². The van der Waals surface area contributed by atoms with Gasteiger partial charge in [0.1, 0.15) is 0 Å². The number of amides is 2. The van der Waals surface area contributed by atoms with Crippen LogP contribution in [0.25, 0.3) is 10.8 Å². The van der Waals surface area contributed by atoms with Crippen LogP contribution in [-0.2, 0) is 9.84 Å². The number of hydrogen-bond donors (Lipinski definition) is 2. The van der Waals surface area contributed by atoms with Crippen LogP contribution in [0, 0.1) is 3.57 Å². The van der Waals surface area contributed by atoms with Crippen molar-refractivity contribution < 1.29 is 13.2 Å². The number of fused-ring (bicyclic) bond motifs is 1. The lowest BCUT2D eigenvalue weighted by Crippen LogP contribution is -2.30. The average Bonchev–Trinajstić information content (AvgIpc) is 2.72. The molecule has 2 N–H and O–H groups in total. The molecule has 0 bridgehead atoms. The van der Waals surface area contributed by atoms with Crippen molar-refractivity contribution in [2.24, 2.45) is 0 Å². The molecule has 0 spiro atoms. The second-order valence-electron chi connectivity index (χ2n) is 7.06. The van der Waals surface area contributed by atoms with Crippen molar-refractivity contribution in [3.63, 3.8) is 0 Å². The topological polar surface area (TPSA) is 78.5 Å². The number of anilines is 2. The fourth-order valence-electron chi connectivity index (χ4n) is 3.23. The molecule has 3 rings (SSSR count). The van der Waals surface area contributed by atoms with Crippen LogP contribution in [0.15, 0.2) is 65.6 Å². The molecule has 3 aromatic rings. The molecule has 0 aliphatic carbocycles. The fourth-order valence-corrected chi connectivity index (χ4v) is 5.29. The zero-order chi connectivity index (χ0) is 21.7. The normalized spacial score (nSPS) is 11.3. The molecule has 158 valence electrons. The molecule has 0 saturated carbocycles. The summed E-state index contributed by atoms with van der Waals surface area (Å²) in [7, 11) is 0.383. The minimum Gasteiger partial charge on any atom is -0.377 e. The number of carbonyl (C=O) groups excluding carboxylic acids is 1. The lowest BCUT2D eigenvalue weighted by molar-refractivity contribution is 0.252. The van der Waals surface area contributed by atoms with Crippen molar-refractivity contribution in [2.75, 3.05) is 36.6 Å². The van der Waals surface area contributed by atoms with Gasteiger partial charge >= 0.3 is 6.03 Å². The highest BCUT2D eigenvalue weighted by Crippen LogP contribution is 2.30. The zero-order valence-corrected chi connectivity index (χ0v) is 19.8. The molecule has 0 unspecified atom stereocenters. The van der Waals surface area contributed by atoms with Gasteiger partial charge in [-0.15, -0.1) is 0 Å². The Morgan fingerprint density at radius 1 is 0.967 bits per heavy atom. The van der Waals surface area contributed by atoms with Gasteiger partial charge in [0.2, 0.25) is 0 Å². The van der Waals surface area contributed by atoms with E-state index in [1.807, 2.05) is 67.5 Å². The summed E-state index contributed by atoms with van der Waals surface area (Å²) in [5.41, 5.74) is 1.69. The summed E-state index contributed by atoms with van der Waals surface area (Å²) in [5, 5.41) is 7.11. The number of urea groups is 1. The Hall–Kier alpha value is -2.33. The van der Waals surface area contributed by atoms with Gasteiger partial charge in [-0.25, -0.2) is 13.2 Å². The summed E-state index contributed by atoms with van der Waals surface area (Å²) < 4.78 is 26.9. The van der Waals surface area contributed by atoms with E-state index in [2.05, 4.69) is 33.2 Å². The Bertz CT molecular complexity index is 1160. The summed E-state index contributed by atoms with van der Waals surface area (Å²) in [5.74, 6) is -0.0402. The molecule has 8 heteroatoms. The van der Waals surface area contributed by atoms with E-state index in [4.69, 9.17) is 0 Å². The maximum atomic E-state index is 13.0. The lowest BCUT2D eigenvalue weighted by atomic mass is 10.1. The van der Waals surface area contributed by atoms with E-state index in [9.17, 15) is 13.2 Å². The van der Waals surface area contributed by atoms with Gasteiger partial charge in [0.05, 0.1) is 16.3 Å². The molecule has 2 amide bonds. The van der Waals surface area contributed by atoms with Gasteiger partial charge in [-0.3, -0.25) is 0 Å². The number of rotatable bonds is 7. The molecule has 0 aliphatic rings. The third kappa shape index (κ3) is 5.23. The maximum absolute atomic E-state index is 13.0. The standard InChI is InChI=1S/C22H24IN3O3S/c1-26(2)20-12-5-9-17-16(20)8-6-13-21(17)30(28,29)15-7-14-24-22(27)25-19-11-4-3-10-18(19)23/h3-6,8-13H,7,14-15H2,1-2H3,(H2,24,25,27). The van der Waals surface area contributed by atoms with E-state index in [0.717, 1.165) is 20.3 Å². The number of hydrogen-bond acceptors (Lipinski definition) is 4. The van der Waals surface area contributed by atoms with Crippen molar-refractivity contribution in [1.82, 2.24) is 5.32 Å². The van der Waals surface area contributed by atoms with Gasteiger partial charge in [0.15, 0.2) is 9.84 Å². The van der Waals surface area contributed by atoms with Gasteiger partial charge in [0.25, 0.3) is 0 Å². The Morgan fingerprint density at radius 2 is 1.67 bits per heavy atom. The minimum absolute atomic E-state index is 0.0402. The van der Waals surface area contributed by atoms with E-state index in [-0.39, 0.29) is 18.3 Å². The molecular formula is C22H24IN3O3S. The molecule has 0 aliphatic heterocycles. The summed E-state index contributed by atoms with van der Waals surface area (Å²) in [4.78, 5) is 14.3. The molecule has 0 atom stereocenters. The van der Waals surface area contributed by atoms with Gasteiger partial charge in [0, 0.05) is 40.7 Å². The third-order valence-electron chi connectivity index (χ3n) is 4.67. The first-order valence-corrected chi connectivity index (χ1v) is 12.2. The number of sulfone groups is 1. The quantitative estimate of drug-likeness (QED) is 0.344. The average molecular weight is 537 g/mol. The van der Waals surface area contributed by atoms with Crippen LogP contribution in [0.3, 0.4) is 0 Å². The predicted octanol–water partition coefficient (Wildman–Crippen LogP) is 4.50. The molecule has 30 heavy (non-hydrogen) atoms. The first-order valence-electron chi connectivity index (χ1n) is 9.51. The SMILES string of the molecule is CN(C)c1cccc2c(S(=O)(=O)CCCNC(=O)Nc3ccccc3I)cccc12. The molecule has 0 fully saturated rings. The Morgan fingerprint density at radius 3 is 2.40 bits per heavy atom. The lowest BCUT2D eigenvalue weighted by Gasteiger charge is -2.17. The molecule has 0 radical (unpaired) electrons. The van der Waals surface area contributed by atoms with Gasteiger partial charge in [-0.2, -0.15) is 0 Å². The molecule has 6 nitrogen and oxygen atoms in total. The summed E-state index contributed by atoms with van der Waals surface area (Å²) >= 11 is 2.14. The first-order chi connectivity index (χ1) is 14.3.